The Morgan fingerprint density at radius 1 is 1.10 bits per heavy atom. The minimum absolute atomic E-state index is 0.109. The number of nitro benzene ring substituents is 1. The molecule has 2 aromatic carbocycles. The van der Waals surface area contributed by atoms with Crippen LogP contribution in [0.3, 0.4) is 0 Å². The molecule has 0 fully saturated rings. The van der Waals surface area contributed by atoms with Crippen molar-refractivity contribution in [3.05, 3.63) is 61.9 Å². The fraction of sp³-hybridized carbons (Fsp3) is 0.263. The van der Waals surface area contributed by atoms with Gasteiger partial charge in [0.25, 0.3) is 5.69 Å². The van der Waals surface area contributed by atoms with Gasteiger partial charge in [-0.25, -0.2) is 13.6 Å². The molecule has 0 saturated carbocycles. The van der Waals surface area contributed by atoms with Crippen molar-refractivity contribution in [1.82, 2.24) is 0 Å². The van der Waals surface area contributed by atoms with Crippen LogP contribution in [0.4, 0.5) is 18.9 Å². The van der Waals surface area contributed by atoms with Gasteiger partial charge in [0, 0.05) is 24.1 Å². The molecule has 0 N–H and O–H groups in total. The number of hydrogen-bond acceptors (Lipinski definition) is 7. The highest BCUT2D eigenvalue weighted by Gasteiger charge is 2.26. The molecule has 0 radical (unpaired) electrons. The monoisotopic (exact) mass is 461 g/mol. The topological polar surface area (TPSA) is 105 Å². The third-order valence-electron chi connectivity index (χ3n) is 3.92. The summed E-state index contributed by atoms with van der Waals surface area (Å²) in [5, 5.41) is 10.3. The number of carbonyl (C=O) groups is 2. The lowest BCUT2D eigenvalue weighted by Gasteiger charge is -2.13. The number of nitrogens with zero attached hydrogens (tertiary/aromatic N) is 1. The Bertz CT molecular complexity index is 1020. The molecule has 0 aromatic heterocycles. The summed E-state index contributed by atoms with van der Waals surface area (Å²) in [6, 6.07) is 2.66. The van der Waals surface area contributed by atoms with E-state index in [1.54, 1.807) is 6.92 Å². The predicted octanol–water partition coefficient (Wildman–Crippen LogP) is 4.88. The Kier molecular flexibility index (Phi) is 7.81. The zero-order valence-corrected chi connectivity index (χ0v) is 16.9. The number of esters is 2. The smallest absolute Gasteiger partial charge is 0.345 e. The van der Waals surface area contributed by atoms with E-state index in [1.165, 1.54) is 0 Å². The van der Waals surface area contributed by atoms with Crippen LogP contribution in [0.25, 0.3) is 0 Å². The molecule has 0 aliphatic rings. The quantitative estimate of drug-likeness (QED) is 0.181. The second kappa shape index (κ2) is 10.1. The fourth-order valence-electron chi connectivity index (χ4n) is 2.30. The van der Waals surface area contributed by atoms with Gasteiger partial charge in [-0.2, -0.15) is 4.39 Å². The van der Waals surface area contributed by atoms with Crippen LogP contribution in [0.15, 0.2) is 18.2 Å². The van der Waals surface area contributed by atoms with Crippen molar-refractivity contribution < 1.29 is 41.9 Å². The molecule has 0 bridgehead atoms. The van der Waals surface area contributed by atoms with Crippen LogP contribution >= 0.6 is 11.6 Å². The minimum atomic E-state index is -1.58. The van der Waals surface area contributed by atoms with Crippen molar-refractivity contribution in [3.63, 3.8) is 0 Å². The van der Waals surface area contributed by atoms with Crippen LogP contribution < -0.4 is 4.74 Å². The summed E-state index contributed by atoms with van der Waals surface area (Å²) in [4.78, 5) is 33.6. The normalized spacial score (nSPS) is 10.5. The van der Waals surface area contributed by atoms with Gasteiger partial charge in [-0.3, -0.25) is 14.9 Å². The van der Waals surface area contributed by atoms with E-state index in [0.29, 0.717) is 0 Å². The molecule has 8 nitrogen and oxygen atoms in total. The maximum Gasteiger partial charge on any atom is 0.345 e. The Morgan fingerprint density at radius 2 is 1.74 bits per heavy atom. The van der Waals surface area contributed by atoms with E-state index >= 15 is 0 Å². The first-order chi connectivity index (χ1) is 14.6. The van der Waals surface area contributed by atoms with E-state index in [-0.39, 0.29) is 25.4 Å². The van der Waals surface area contributed by atoms with Crippen molar-refractivity contribution >= 4 is 29.2 Å². The Hall–Kier alpha value is -3.34. The number of halogens is 4. The molecule has 31 heavy (non-hydrogen) atoms. The molecule has 0 spiro atoms. The molecule has 0 aliphatic heterocycles. The first-order valence-corrected chi connectivity index (χ1v) is 9.07. The first-order valence-electron chi connectivity index (χ1n) is 8.70. The summed E-state index contributed by atoms with van der Waals surface area (Å²) in [7, 11) is 0. The maximum absolute atomic E-state index is 14.2. The van der Waals surface area contributed by atoms with Gasteiger partial charge < -0.3 is 14.2 Å². The fourth-order valence-corrected chi connectivity index (χ4v) is 2.56. The Balaban J connectivity index is 2.31. The standard InChI is InChI=1S/C19H15ClF3NO7/c1-3-13(25)29-6-7-30-19(26)11-8-10(4-5-12(11)24(27)28)31-18-14(20)15(21)9(2)16(22)17(18)23/h4-5,8H,3,6-7H2,1-2H3. The lowest BCUT2D eigenvalue weighted by atomic mass is 10.1. The molecule has 12 heteroatoms. The summed E-state index contributed by atoms with van der Waals surface area (Å²) >= 11 is 5.68. The summed E-state index contributed by atoms with van der Waals surface area (Å²) < 4.78 is 56.5. The molecule has 0 atom stereocenters. The van der Waals surface area contributed by atoms with E-state index in [1.807, 2.05) is 0 Å². The summed E-state index contributed by atoms with van der Waals surface area (Å²) in [5.74, 6) is -7.44. The Morgan fingerprint density at radius 3 is 2.35 bits per heavy atom. The second-order valence-electron chi connectivity index (χ2n) is 5.96. The predicted molar refractivity (Wildman–Crippen MR) is 101 cm³/mol. The SMILES string of the molecule is CCC(=O)OCCOC(=O)c1cc(Oc2c(F)c(F)c(C)c(F)c2Cl)ccc1[N+](=O)[O-]. The van der Waals surface area contributed by atoms with Crippen molar-refractivity contribution in [2.75, 3.05) is 13.2 Å². The molecule has 0 aliphatic carbocycles. The number of ether oxygens (including phenoxy) is 3. The number of nitro groups is 1. The van der Waals surface area contributed by atoms with Crippen LogP contribution in [0.2, 0.25) is 5.02 Å². The van der Waals surface area contributed by atoms with Crippen molar-refractivity contribution in [2.24, 2.45) is 0 Å². The average Bonchev–Trinajstić information content (AvgIpc) is 2.76. The van der Waals surface area contributed by atoms with E-state index in [0.717, 1.165) is 25.1 Å². The van der Waals surface area contributed by atoms with Crippen molar-refractivity contribution in [1.29, 1.82) is 0 Å². The summed E-state index contributed by atoms with van der Waals surface area (Å²) in [5.41, 5.74) is -1.92. The van der Waals surface area contributed by atoms with Crippen LogP contribution in [-0.2, 0) is 14.3 Å². The van der Waals surface area contributed by atoms with Crippen molar-refractivity contribution in [2.45, 2.75) is 20.3 Å². The van der Waals surface area contributed by atoms with E-state index in [9.17, 15) is 32.9 Å². The van der Waals surface area contributed by atoms with Gasteiger partial charge in [0.05, 0.1) is 4.92 Å². The highest BCUT2D eigenvalue weighted by atomic mass is 35.5. The molecule has 2 rings (SSSR count). The summed E-state index contributed by atoms with van der Waals surface area (Å²) in [6.07, 6.45) is 0.109. The van der Waals surface area contributed by atoms with Crippen LogP contribution in [0.5, 0.6) is 11.5 Å². The number of rotatable bonds is 8. The van der Waals surface area contributed by atoms with E-state index in [4.69, 9.17) is 25.8 Å². The first kappa shape index (κ1) is 23.9. The van der Waals surface area contributed by atoms with E-state index in [2.05, 4.69) is 0 Å². The number of carbonyl (C=O) groups excluding carboxylic acids is 2. The molecule has 0 saturated heterocycles. The van der Waals surface area contributed by atoms with Crippen LogP contribution in [0, 0.1) is 34.5 Å². The lowest BCUT2D eigenvalue weighted by Crippen LogP contribution is -2.14. The molecule has 0 amide bonds. The van der Waals surface area contributed by atoms with Gasteiger partial charge in [0.1, 0.15) is 29.5 Å². The Labute approximate surface area is 178 Å². The maximum atomic E-state index is 14.2. The highest BCUT2D eigenvalue weighted by Crippen LogP contribution is 2.38. The van der Waals surface area contributed by atoms with Gasteiger partial charge in [0.2, 0.25) is 5.82 Å². The second-order valence-corrected chi connectivity index (χ2v) is 6.34. The van der Waals surface area contributed by atoms with Crippen molar-refractivity contribution in [3.8, 4) is 11.5 Å². The highest BCUT2D eigenvalue weighted by molar-refractivity contribution is 6.32. The average molecular weight is 462 g/mol. The molecular formula is C19H15ClF3NO7. The van der Waals surface area contributed by atoms with Gasteiger partial charge in [-0.1, -0.05) is 18.5 Å². The van der Waals surface area contributed by atoms with Crippen LogP contribution in [0.1, 0.15) is 29.3 Å². The van der Waals surface area contributed by atoms with Gasteiger partial charge in [-0.15, -0.1) is 0 Å². The van der Waals surface area contributed by atoms with Gasteiger partial charge in [-0.05, 0) is 13.0 Å². The largest absolute Gasteiger partial charge is 0.462 e. The minimum Gasteiger partial charge on any atom is -0.462 e. The lowest BCUT2D eigenvalue weighted by molar-refractivity contribution is -0.385. The molecule has 0 unspecified atom stereocenters. The summed E-state index contributed by atoms with van der Waals surface area (Å²) in [6.45, 7) is 1.87. The molecule has 2 aromatic rings. The number of benzene rings is 2. The molecule has 166 valence electrons. The van der Waals surface area contributed by atoms with Crippen LogP contribution in [-0.4, -0.2) is 30.1 Å². The third kappa shape index (κ3) is 5.43. The third-order valence-corrected chi connectivity index (χ3v) is 4.25. The van der Waals surface area contributed by atoms with Gasteiger partial charge >= 0.3 is 11.9 Å². The van der Waals surface area contributed by atoms with Gasteiger partial charge in [0.15, 0.2) is 17.4 Å². The number of hydrogen-bond donors (Lipinski definition) is 0. The molecular weight excluding hydrogens is 447 g/mol. The molecule has 0 heterocycles. The van der Waals surface area contributed by atoms with E-state index < -0.39 is 61.9 Å². The zero-order chi connectivity index (χ0) is 23.3. The zero-order valence-electron chi connectivity index (χ0n) is 16.2.